The molecular weight excluding hydrogens is 1670 g/mol. The van der Waals surface area contributed by atoms with Crippen molar-refractivity contribution in [3.05, 3.63) is 181 Å². The van der Waals surface area contributed by atoms with E-state index < -0.39 is 50.2 Å². The van der Waals surface area contributed by atoms with Gasteiger partial charge in [0.05, 0.1) is 78.4 Å². The van der Waals surface area contributed by atoms with Gasteiger partial charge in [0.15, 0.2) is 31.7 Å². The Morgan fingerprint density at radius 3 is 1.69 bits per heavy atom. The Balaban J connectivity index is -0.000000210. The van der Waals surface area contributed by atoms with Gasteiger partial charge in [-0.05, 0) is 92.5 Å². The SMILES string of the molecule is C.C=CC(=C)O[Si](C)(C)C.CCC(C)I.N#CC1=CCC2(CC1)OCCO2.N#CC1CCC(=O)CC1S(=O)(=O)c1ccccc1.O=S([O-])c1ccccc1.OCCO.[C-]#[N+]C(=C)Cl.[C-]#[N+]C=CS(=O)(=O)c1ccccc1.[CH2-]CC.[I][V]([I])[I].[Na+]. The number of ether oxygens (including phenoxy) is 2. The minimum atomic E-state index is -3.60. The number of nitrogens with zero attached hydrogens (tertiary/aromatic N) is 4. The predicted octanol–water partition coefficient (Wildman–Crippen LogP) is 12.7. The van der Waals surface area contributed by atoms with E-state index in [-0.39, 0.29) is 88.1 Å². The maximum Gasteiger partial charge on any atom is 1.00 e. The topological polar surface area (TPSA) is 250 Å². The minimum Gasteiger partial charge on any atom is 1.00 e. The number of rotatable bonds is 10. The van der Waals surface area contributed by atoms with Gasteiger partial charge in [0.1, 0.15) is 5.78 Å². The summed E-state index contributed by atoms with van der Waals surface area (Å²) in [7, 11) is -8.43. The Hall–Kier alpha value is -1.35. The largest absolute Gasteiger partial charge is 1.00 e. The van der Waals surface area contributed by atoms with Crippen LogP contribution < -0.4 is 29.6 Å². The van der Waals surface area contributed by atoms with E-state index in [4.69, 9.17) is 59.4 Å². The summed E-state index contributed by atoms with van der Waals surface area (Å²) in [6.45, 7) is 40.1. The molecule has 2 aliphatic carbocycles. The fourth-order valence-electron chi connectivity index (χ4n) is 5.66. The van der Waals surface area contributed by atoms with E-state index in [1.807, 2.05) is 19.1 Å². The summed E-state index contributed by atoms with van der Waals surface area (Å²) in [5, 5.41) is 32.9. The van der Waals surface area contributed by atoms with Crippen LogP contribution in [-0.4, -0.2) is 91.3 Å². The third kappa shape index (κ3) is 51.5. The van der Waals surface area contributed by atoms with E-state index in [1.54, 1.807) is 72.8 Å². The molecular formula is C57H78ClI4N4NaO12S3SiV-. The molecule has 1 saturated heterocycles. The van der Waals surface area contributed by atoms with Gasteiger partial charge < -0.3 is 35.6 Å². The average molecular weight is 1750 g/mol. The molecule has 462 valence electrons. The van der Waals surface area contributed by atoms with Gasteiger partial charge in [-0.15, -0.1) is 11.6 Å². The number of hydrogen-bond donors (Lipinski definition) is 2. The maximum atomic E-state index is 12.4. The Morgan fingerprint density at radius 2 is 1.39 bits per heavy atom. The Bertz CT molecular complexity index is 2770. The van der Waals surface area contributed by atoms with Crippen molar-refractivity contribution in [1.29, 1.82) is 10.5 Å². The molecule has 0 bridgehead atoms. The van der Waals surface area contributed by atoms with Gasteiger partial charge in [0, 0.05) is 45.5 Å². The first kappa shape index (κ1) is 93.8. The van der Waals surface area contributed by atoms with Gasteiger partial charge in [0.25, 0.3) is 0 Å². The van der Waals surface area contributed by atoms with Gasteiger partial charge in [-0.25, -0.2) is 26.5 Å². The van der Waals surface area contributed by atoms with Crippen LogP contribution in [-0.2, 0) is 54.4 Å². The maximum absolute atomic E-state index is 12.4. The molecule has 3 aromatic carbocycles. The van der Waals surface area contributed by atoms with Crippen LogP contribution >= 0.6 is 94.1 Å². The number of aliphatic hydroxyl groups excluding tert-OH is 2. The monoisotopic (exact) mass is 1750 g/mol. The summed E-state index contributed by atoms with van der Waals surface area (Å²) in [5.41, 5.74) is 0.861. The average Bonchev–Trinajstić information content (AvgIpc) is 3.23. The molecule has 1 saturated carbocycles. The summed E-state index contributed by atoms with van der Waals surface area (Å²) in [5.74, 6) is -0.353. The van der Waals surface area contributed by atoms with Gasteiger partial charge >= 0.3 is 94.4 Å². The molecule has 0 amide bonds. The molecule has 4 unspecified atom stereocenters. The van der Waals surface area contributed by atoms with Crippen LogP contribution in [0.4, 0.5) is 0 Å². The van der Waals surface area contributed by atoms with Crippen molar-refractivity contribution in [2.45, 2.75) is 129 Å². The van der Waals surface area contributed by atoms with Crippen LogP contribution in [0.1, 0.15) is 79.6 Å². The molecule has 1 heterocycles. The number of aliphatic hydroxyl groups is 2. The molecule has 0 aromatic heterocycles. The number of ketones is 1. The van der Waals surface area contributed by atoms with E-state index >= 15 is 0 Å². The van der Waals surface area contributed by atoms with Gasteiger partial charge in [-0.3, -0.25) is 9.00 Å². The molecule has 1 spiro atoms. The van der Waals surface area contributed by atoms with Gasteiger partial charge in [-0.2, -0.15) is 16.9 Å². The number of nitriles is 2. The molecule has 3 aromatic rings. The summed E-state index contributed by atoms with van der Waals surface area (Å²) in [4.78, 5) is 17.4. The molecule has 2 fully saturated rings. The summed E-state index contributed by atoms with van der Waals surface area (Å²) >= 11 is 12.6. The zero-order chi connectivity index (χ0) is 63.8. The number of carbonyl (C=O) groups excluding carboxylic acids is 1. The second kappa shape index (κ2) is 56.9. The van der Waals surface area contributed by atoms with Crippen molar-refractivity contribution in [2.75, 3.05) is 26.4 Å². The Morgan fingerprint density at radius 1 is 0.964 bits per heavy atom. The number of allylic oxidation sites excluding steroid dienone is 2. The van der Waals surface area contributed by atoms with Crippen LogP contribution in [0.3, 0.4) is 0 Å². The fraction of sp³-hybridized carbons (Fsp3) is 0.404. The first-order chi connectivity index (χ1) is 38.4. The van der Waals surface area contributed by atoms with Crippen molar-refractivity contribution < 1.29 is 89.0 Å². The Kier molecular flexibility index (Phi) is 63.5. The number of hydrogen-bond acceptors (Lipinski definition) is 14. The second-order valence-electron chi connectivity index (χ2n) is 17.1. The zero-order valence-electron chi connectivity index (χ0n) is 47.8. The molecule has 27 heteroatoms. The first-order valence-corrected chi connectivity index (χ1v) is 47.3. The fourth-order valence-corrected chi connectivity index (χ4v) is 9.75. The Labute approximate surface area is 584 Å². The molecule has 84 heavy (non-hydrogen) atoms. The normalized spacial score (nSPS) is 15.6. The number of Topliss-reactive ketones (excluding diaryl/α,β-unsaturated/α-hetero) is 1. The van der Waals surface area contributed by atoms with Gasteiger partial charge in [-0.1, -0.05) is 131 Å². The van der Waals surface area contributed by atoms with Crippen molar-refractivity contribution in [2.24, 2.45) is 5.92 Å². The first-order valence-electron chi connectivity index (χ1n) is 24.6. The van der Waals surface area contributed by atoms with Crippen molar-refractivity contribution >= 4 is 139 Å². The second-order valence-corrected chi connectivity index (χ2v) is 64.4. The number of halogens is 5. The van der Waals surface area contributed by atoms with Crippen molar-refractivity contribution in [3.63, 3.8) is 0 Å². The molecule has 4 atom stereocenters. The number of alkyl halides is 1. The molecule has 6 rings (SSSR count). The summed E-state index contributed by atoms with van der Waals surface area (Å²) in [6, 6.07) is 28.4. The number of sulfone groups is 2. The zero-order valence-corrected chi connectivity index (χ0v) is 64.1. The minimum absolute atomic E-state index is 0. The number of benzene rings is 3. The summed E-state index contributed by atoms with van der Waals surface area (Å²) in [6.07, 6.45) is 9.73. The van der Waals surface area contributed by atoms with Gasteiger partial charge in [0.2, 0.25) is 13.5 Å². The van der Waals surface area contributed by atoms with Crippen LogP contribution in [0, 0.1) is 48.6 Å². The van der Waals surface area contributed by atoms with E-state index in [0.717, 1.165) is 46.8 Å². The smallest absolute Gasteiger partial charge is 1.00 e. The molecule has 16 nitrogen and oxygen atoms in total. The van der Waals surface area contributed by atoms with Crippen LogP contribution in [0.5, 0.6) is 0 Å². The van der Waals surface area contributed by atoms with Crippen LogP contribution in [0.25, 0.3) is 9.69 Å². The standard InChI is InChI=1S/C13H13NO3S.C9H7NO2S.C9H11NO2.C7H14OSi.C6H6O2S.C4H9I.C3H2ClN.C3H7.C2H6O2.CH4.3HI.Na.V/c14-9-10-6-7-11(15)8-13(10)18(16,17)12-4-2-1-3-5-12;1-10-7-8-13(11,12)9-5-3-2-4-6-9;10-7-8-1-3-9(4-2-8)11-5-6-12-9;1-6-7(2)8-9(3,4)5;7-9(8)6-4-2-1-3-5-6;1-3-4(2)5;1-3(4)5-2;1-3-2;3-1-2-4;;;;;;/h1-5,10,13H,6-8H2;2-8H;1H,2-6H2;6H,1-2H2,3-5H3;1-5H,(H,7,8);4H,3H2,1-2H3;1H2;1,3H2,2H3;3-4H,1-2H2;1H4;3*1H;;/q;;;;;;;-1;;;;;;+1;+3/p-4. The summed E-state index contributed by atoms with van der Waals surface area (Å²) < 4.78 is 85.2. The molecule has 2 N–H and O–H groups in total. The van der Waals surface area contributed by atoms with Crippen molar-refractivity contribution in [1.82, 2.24) is 0 Å². The van der Waals surface area contributed by atoms with E-state index in [9.17, 15) is 30.4 Å². The quantitative estimate of drug-likeness (QED) is 0.0280. The molecule has 3 aliphatic rings. The molecule has 1 aliphatic heterocycles. The third-order valence-electron chi connectivity index (χ3n) is 9.41. The van der Waals surface area contributed by atoms with E-state index in [1.165, 1.54) is 30.7 Å². The van der Waals surface area contributed by atoms with Crippen molar-refractivity contribution in [3.8, 4) is 12.1 Å². The van der Waals surface area contributed by atoms with E-state index in [2.05, 4.69) is 158 Å². The predicted molar refractivity (Wildman–Crippen MR) is 368 cm³/mol. The van der Waals surface area contributed by atoms with E-state index in [0.29, 0.717) is 36.7 Å². The third-order valence-corrected chi connectivity index (χ3v) is 15.5. The molecule has 0 radical (unpaired) electrons. The van der Waals surface area contributed by atoms with Crippen LogP contribution in [0.2, 0.25) is 19.6 Å². The van der Waals surface area contributed by atoms with Crippen LogP contribution in [0.15, 0.2) is 166 Å². The number of carbonyl (C=O) groups is 1.